The number of hydrogen-bond acceptors (Lipinski definition) is 2. The molecule has 0 fully saturated rings. The molecule has 1 atom stereocenters. The summed E-state index contributed by atoms with van der Waals surface area (Å²) in [6, 6.07) is 11.4. The van der Waals surface area contributed by atoms with Gasteiger partial charge in [0.2, 0.25) is 0 Å². The largest absolute Gasteiger partial charge is 0.496 e. The van der Waals surface area contributed by atoms with Gasteiger partial charge in [0.25, 0.3) is 0 Å². The molecule has 1 unspecified atom stereocenters. The van der Waals surface area contributed by atoms with Crippen LogP contribution in [0.15, 0.2) is 30.3 Å². The minimum Gasteiger partial charge on any atom is -0.496 e. The molecule has 142 valence electrons. The second-order valence-electron chi connectivity index (χ2n) is 8.87. The first-order valence-electron chi connectivity index (χ1n) is 9.83. The van der Waals surface area contributed by atoms with Crippen molar-refractivity contribution in [3.63, 3.8) is 0 Å². The first-order chi connectivity index (χ1) is 12.8. The predicted molar refractivity (Wildman–Crippen MR) is 113 cm³/mol. The van der Waals surface area contributed by atoms with Crippen LogP contribution in [-0.2, 0) is 11.8 Å². The number of aromatic nitrogens is 1. The van der Waals surface area contributed by atoms with Gasteiger partial charge >= 0.3 is 0 Å². The van der Waals surface area contributed by atoms with Gasteiger partial charge in [0.1, 0.15) is 5.75 Å². The van der Waals surface area contributed by atoms with Crippen LogP contribution in [0.25, 0.3) is 10.9 Å². The minimum atomic E-state index is 0.0347. The summed E-state index contributed by atoms with van der Waals surface area (Å²) in [5, 5.41) is 5.14. The van der Waals surface area contributed by atoms with Crippen LogP contribution in [0.3, 0.4) is 0 Å². The maximum Gasteiger partial charge on any atom is 0.122 e. The summed E-state index contributed by atoms with van der Waals surface area (Å²) in [5.41, 5.74) is 9.30. The molecule has 3 nitrogen and oxygen atoms in total. The van der Waals surface area contributed by atoms with Crippen molar-refractivity contribution < 1.29 is 4.74 Å². The van der Waals surface area contributed by atoms with Crippen molar-refractivity contribution in [2.45, 2.75) is 52.5 Å². The molecule has 2 heterocycles. The van der Waals surface area contributed by atoms with E-state index >= 15 is 0 Å². The van der Waals surface area contributed by atoms with Gasteiger partial charge in [0, 0.05) is 23.1 Å². The number of H-pyrrole nitrogens is 1. The van der Waals surface area contributed by atoms with Gasteiger partial charge in [-0.25, -0.2) is 0 Å². The molecule has 0 saturated heterocycles. The van der Waals surface area contributed by atoms with Gasteiger partial charge in [0.15, 0.2) is 0 Å². The molecule has 1 aliphatic heterocycles. The van der Waals surface area contributed by atoms with Gasteiger partial charge in [-0.3, -0.25) is 0 Å². The van der Waals surface area contributed by atoms with E-state index < -0.39 is 0 Å². The van der Waals surface area contributed by atoms with Crippen LogP contribution < -0.4 is 10.1 Å². The summed E-state index contributed by atoms with van der Waals surface area (Å²) in [6.45, 7) is 12.1. The Morgan fingerprint density at radius 3 is 2.56 bits per heavy atom. The summed E-state index contributed by atoms with van der Waals surface area (Å²) in [6.07, 6.45) is 1.07. The highest BCUT2D eigenvalue weighted by Crippen LogP contribution is 2.38. The SMILES string of the molecule is COc1ccc(C2NCCc3c2[nH]c2cc(C)cc(C)c32)cc1C(C)(C)C. The highest BCUT2D eigenvalue weighted by atomic mass is 16.5. The van der Waals surface area contributed by atoms with Gasteiger partial charge in [-0.1, -0.05) is 32.9 Å². The molecule has 4 rings (SSSR count). The van der Waals surface area contributed by atoms with Gasteiger partial charge < -0.3 is 15.0 Å². The van der Waals surface area contributed by atoms with Crippen molar-refractivity contribution >= 4 is 10.9 Å². The van der Waals surface area contributed by atoms with Crippen LogP contribution in [-0.4, -0.2) is 18.6 Å². The average molecular weight is 363 g/mol. The molecular formula is C24H30N2O. The summed E-state index contributed by atoms with van der Waals surface area (Å²) in [4.78, 5) is 3.74. The topological polar surface area (TPSA) is 37.0 Å². The third-order valence-corrected chi connectivity index (χ3v) is 5.75. The van der Waals surface area contributed by atoms with Gasteiger partial charge in [0.05, 0.1) is 13.2 Å². The number of hydrogen-bond donors (Lipinski definition) is 2. The van der Waals surface area contributed by atoms with Crippen molar-refractivity contribution in [1.82, 2.24) is 10.3 Å². The van der Waals surface area contributed by atoms with E-state index in [1.165, 1.54) is 44.4 Å². The maximum absolute atomic E-state index is 5.63. The molecule has 0 bridgehead atoms. The Morgan fingerprint density at radius 2 is 1.85 bits per heavy atom. The van der Waals surface area contributed by atoms with Gasteiger partial charge in [-0.15, -0.1) is 0 Å². The van der Waals surface area contributed by atoms with E-state index in [1.54, 1.807) is 7.11 Å². The Hall–Kier alpha value is -2.26. The van der Waals surface area contributed by atoms with E-state index in [4.69, 9.17) is 4.74 Å². The quantitative estimate of drug-likeness (QED) is 0.647. The zero-order valence-corrected chi connectivity index (χ0v) is 17.3. The van der Waals surface area contributed by atoms with E-state index in [0.717, 1.165) is 18.7 Å². The number of nitrogens with one attached hydrogen (secondary N) is 2. The summed E-state index contributed by atoms with van der Waals surface area (Å²) in [5.74, 6) is 0.963. The van der Waals surface area contributed by atoms with Crippen LogP contribution >= 0.6 is 0 Å². The Labute approximate surface area is 162 Å². The zero-order valence-electron chi connectivity index (χ0n) is 17.3. The molecule has 0 amide bonds. The van der Waals surface area contributed by atoms with E-state index in [1.807, 2.05) is 0 Å². The van der Waals surface area contributed by atoms with Gasteiger partial charge in [-0.05, 0) is 71.7 Å². The number of ether oxygens (including phenoxy) is 1. The molecule has 0 spiro atoms. The number of fused-ring (bicyclic) bond motifs is 3. The maximum atomic E-state index is 5.63. The number of rotatable bonds is 2. The van der Waals surface area contributed by atoms with Crippen LogP contribution in [0.2, 0.25) is 0 Å². The Morgan fingerprint density at radius 1 is 1.07 bits per heavy atom. The van der Waals surface area contributed by atoms with E-state index in [0.29, 0.717) is 0 Å². The van der Waals surface area contributed by atoms with Crippen molar-refractivity contribution in [3.8, 4) is 5.75 Å². The summed E-state index contributed by atoms with van der Waals surface area (Å²) < 4.78 is 5.63. The monoisotopic (exact) mass is 362 g/mol. The average Bonchev–Trinajstić information content (AvgIpc) is 2.98. The van der Waals surface area contributed by atoms with Crippen molar-refractivity contribution in [1.29, 1.82) is 0 Å². The molecule has 1 aliphatic rings. The van der Waals surface area contributed by atoms with Crippen LogP contribution in [0, 0.1) is 13.8 Å². The lowest BCUT2D eigenvalue weighted by molar-refractivity contribution is 0.397. The number of aromatic amines is 1. The normalized spacial score (nSPS) is 17.2. The lowest BCUT2D eigenvalue weighted by Crippen LogP contribution is -2.30. The highest BCUT2D eigenvalue weighted by molar-refractivity contribution is 5.89. The van der Waals surface area contributed by atoms with E-state index in [-0.39, 0.29) is 11.5 Å². The van der Waals surface area contributed by atoms with E-state index in [2.05, 4.69) is 75.3 Å². The number of benzene rings is 2. The number of aryl methyl sites for hydroxylation is 2. The Kier molecular flexibility index (Phi) is 4.31. The van der Waals surface area contributed by atoms with E-state index in [9.17, 15) is 0 Å². The minimum absolute atomic E-state index is 0.0347. The Bertz CT molecular complexity index is 1010. The zero-order chi connectivity index (χ0) is 19.3. The van der Waals surface area contributed by atoms with Crippen LogP contribution in [0.1, 0.15) is 60.3 Å². The molecule has 0 saturated carbocycles. The molecule has 2 aromatic carbocycles. The summed E-state index contributed by atoms with van der Waals surface area (Å²) >= 11 is 0. The lowest BCUT2D eigenvalue weighted by Gasteiger charge is -2.28. The van der Waals surface area contributed by atoms with Gasteiger partial charge in [-0.2, -0.15) is 0 Å². The standard InChI is InChI=1S/C24H30N2O/c1-14-11-15(2)21-17-9-10-25-22(23(17)26-19(21)12-14)16-7-8-20(27-6)18(13-16)24(3,4)5/h7-8,11-13,22,25-26H,9-10H2,1-6H3. The van der Waals surface area contributed by atoms with Crippen LogP contribution in [0.4, 0.5) is 0 Å². The smallest absolute Gasteiger partial charge is 0.122 e. The molecule has 0 radical (unpaired) electrons. The third kappa shape index (κ3) is 3.04. The molecule has 0 aliphatic carbocycles. The second kappa shape index (κ2) is 6.42. The van der Waals surface area contributed by atoms with Crippen molar-refractivity contribution in [2.24, 2.45) is 0 Å². The summed E-state index contributed by atoms with van der Waals surface area (Å²) in [7, 11) is 1.75. The second-order valence-corrected chi connectivity index (χ2v) is 8.87. The van der Waals surface area contributed by atoms with Crippen LogP contribution in [0.5, 0.6) is 5.75 Å². The fourth-order valence-electron chi connectivity index (χ4n) is 4.55. The first-order valence-corrected chi connectivity index (χ1v) is 9.83. The lowest BCUT2D eigenvalue weighted by atomic mass is 9.83. The molecule has 2 N–H and O–H groups in total. The first kappa shape index (κ1) is 18.1. The van der Waals surface area contributed by atoms with Crippen molar-refractivity contribution in [2.75, 3.05) is 13.7 Å². The third-order valence-electron chi connectivity index (χ3n) is 5.75. The molecule has 1 aromatic heterocycles. The molecule has 3 aromatic rings. The highest BCUT2D eigenvalue weighted by Gasteiger charge is 2.28. The fourth-order valence-corrected chi connectivity index (χ4v) is 4.55. The molecule has 27 heavy (non-hydrogen) atoms. The molecular weight excluding hydrogens is 332 g/mol. The predicted octanol–water partition coefficient (Wildman–Crippen LogP) is 5.33. The molecule has 3 heteroatoms. The fraction of sp³-hybridized carbons (Fsp3) is 0.417. The Balaban J connectivity index is 1.87. The van der Waals surface area contributed by atoms with Crippen molar-refractivity contribution in [3.05, 3.63) is 63.8 Å². The number of methoxy groups -OCH3 is 1.